The number of pyridine rings is 2. The Bertz CT molecular complexity index is 874. The summed E-state index contributed by atoms with van der Waals surface area (Å²) in [5, 5.41) is 15.4. The molecule has 0 spiro atoms. The van der Waals surface area contributed by atoms with Gasteiger partial charge in [0, 0.05) is 58.2 Å². The molecule has 0 aromatic carbocycles. The van der Waals surface area contributed by atoms with E-state index in [1.807, 2.05) is 6.92 Å². The Morgan fingerprint density at radius 3 is 2.77 bits per heavy atom. The second-order valence-electron chi connectivity index (χ2n) is 7.20. The molecule has 2 N–H and O–H groups in total. The lowest BCUT2D eigenvalue weighted by Gasteiger charge is -2.34. The third-order valence-electron chi connectivity index (χ3n) is 5.03. The Kier molecular flexibility index (Phi) is 7.54. The van der Waals surface area contributed by atoms with E-state index in [1.54, 1.807) is 35.5 Å². The van der Waals surface area contributed by atoms with E-state index in [9.17, 15) is 10.1 Å². The summed E-state index contributed by atoms with van der Waals surface area (Å²) in [7, 11) is 2.12. The van der Waals surface area contributed by atoms with Crippen molar-refractivity contribution in [3.8, 4) is 6.07 Å². The molecule has 3 heterocycles. The fraction of sp³-hybridized carbons (Fsp3) is 0.429. The van der Waals surface area contributed by atoms with E-state index in [1.165, 1.54) is 6.20 Å². The number of likely N-dealkylation sites (N-methyl/N-ethyl adjacent to an activating group) is 1. The molecule has 0 bridgehead atoms. The van der Waals surface area contributed by atoms with Gasteiger partial charge >= 0.3 is 6.03 Å². The van der Waals surface area contributed by atoms with Gasteiger partial charge in [-0.1, -0.05) is 0 Å². The fourth-order valence-corrected chi connectivity index (χ4v) is 3.30. The largest absolute Gasteiger partial charge is 0.369 e. The van der Waals surface area contributed by atoms with Crippen LogP contribution in [0.25, 0.3) is 0 Å². The van der Waals surface area contributed by atoms with Gasteiger partial charge in [0.25, 0.3) is 0 Å². The van der Waals surface area contributed by atoms with Crippen molar-refractivity contribution in [3.63, 3.8) is 0 Å². The summed E-state index contributed by atoms with van der Waals surface area (Å²) in [6.07, 6.45) is 4.77. The monoisotopic (exact) mass is 408 g/mol. The van der Waals surface area contributed by atoms with Crippen LogP contribution in [0.4, 0.5) is 22.0 Å². The van der Waals surface area contributed by atoms with E-state index >= 15 is 0 Å². The quantitative estimate of drug-likeness (QED) is 0.723. The molecule has 158 valence electrons. The number of nitrogens with one attached hydrogen (secondary N) is 2. The first-order valence-electron chi connectivity index (χ1n) is 10.1. The molecule has 1 saturated heterocycles. The molecule has 2 amide bonds. The molecule has 0 atom stereocenters. The predicted octanol–water partition coefficient (Wildman–Crippen LogP) is 2.07. The number of piperazine rings is 1. The third kappa shape index (κ3) is 5.65. The molecule has 0 unspecified atom stereocenters. The first kappa shape index (κ1) is 21.5. The van der Waals surface area contributed by atoms with Gasteiger partial charge in [0.2, 0.25) is 0 Å². The number of hydrogen-bond acceptors (Lipinski definition) is 7. The maximum absolute atomic E-state index is 13.2. The van der Waals surface area contributed by atoms with Crippen molar-refractivity contribution in [1.82, 2.24) is 19.8 Å². The van der Waals surface area contributed by atoms with Crippen LogP contribution in [0.2, 0.25) is 0 Å². The number of hydrogen-bond donors (Lipinski definition) is 2. The van der Waals surface area contributed by atoms with Crippen molar-refractivity contribution in [1.29, 1.82) is 5.26 Å². The number of carbonyl (C=O) groups excluding carboxylic acids is 1. The molecule has 0 radical (unpaired) electrons. The second-order valence-corrected chi connectivity index (χ2v) is 7.20. The van der Waals surface area contributed by atoms with E-state index in [2.05, 4.69) is 43.5 Å². The van der Waals surface area contributed by atoms with Gasteiger partial charge in [0.1, 0.15) is 11.9 Å². The lowest BCUT2D eigenvalue weighted by Crippen LogP contribution is -2.48. The maximum atomic E-state index is 13.2. The molecule has 30 heavy (non-hydrogen) atoms. The van der Waals surface area contributed by atoms with E-state index < -0.39 is 0 Å². The topological polar surface area (TPSA) is 100 Å². The molecule has 1 aliphatic rings. The van der Waals surface area contributed by atoms with Gasteiger partial charge in [-0.05, 0) is 32.2 Å². The number of urea groups is 1. The normalized spacial score (nSPS) is 14.7. The Morgan fingerprint density at radius 1 is 1.30 bits per heavy atom. The highest BCUT2D eigenvalue weighted by atomic mass is 16.2. The van der Waals surface area contributed by atoms with Gasteiger partial charge in [-0.2, -0.15) is 5.26 Å². The van der Waals surface area contributed by atoms with Gasteiger partial charge in [-0.25, -0.2) is 9.78 Å². The van der Waals surface area contributed by atoms with E-state index in [-0.39, 0.29) is 6.03 Å². The Labute approximate surface area is 177 Å². The van der Waals surface area contributed by atoms with Crippen molar-refractivity contribution in [2.45, 2.75) is 6.92 Å². The van der Waals surface area contributed by atoms with Crippen LogP contribution in [-0.4, -0.2) is 78.7 Å². The van der Waals surface area contributed by atoms with Crippen LogP contribution >= 0.6 is 0 Å². The Morgan fingerprint density at radius 2 is 2.10 bits per heavy atom. The second kappa shape index (κ2) is 10.5. The first-order chi connectivity index (χ1) is 14.6. The van der Waals surface area contributed by atoms with Crippen molar-refractivity contribution < 1.29 is 4.79 Å². The zero-order chi connectivity index (χ0) is 21.3. The number of anilines is 3. The highest BCUT2D eigenvalue weighted by molar-refractivity contribution is 6.03. The highest BCUT2D eigenvalue weighted by Gasteiger charge is 2.23. The van der Waals surface area contributed by atoms with Crippen LogP contribution < -0.4 is 15.5 Å². The smallest absolute Gasteiger partial charge is 0.326 e. The molecule has 2 aromatic rings. The van der Waals surface area contributed by atoms with E-state index in [4.69, 9.17) is 0 Å². The lowest BCUT2D eigenvalue weighted by molar-refractivity contribution is 0.157. The SMILES string of the molecule is CCNc1ncc(C#N)cc1N(CCN1CCN(C)CC1)C(=O)Nc1cccnc1. The predicted molar refractivity (Wildman–Crippen MR) is 118 cm³/mol. The van der Waals surface area contributed by atoms with Gasteiger partial charge in [0.05, 0.1) is 23.1 Å². The Hall–Kier alpha value is -3.22. The average molecular weight is 409 g/mol. The molecule has 0 saturated carbocycles. The summed E-state index contributed by atoms with van der Waals surface area (Å²) in [5.41, 5.74) is 1.61. The minimum Gasteiger partial charge on any atom is -0.369 e. The fourth-order valence-electron chi connectivity index (χ4n) is 3.30. The molecule has 9 nitrogen and oxygen atoms in total. The molecular formula is C21H28N8O. The molecule has 2 aromatic heterocycles. The van der Waals surface area contributed by atoms with Crippen LogP contribution in [0.15, 0.2) is 36.8 Å². The van der Waals surface area contributed by atoms with Crippen molar-refractivity contribution >= 4 is 23.2 Å². The summed E-state index contributed by atoms with van der Waals surface area (Å²) in [6, 6.07) is 7.10. The zero-order valence-electron chi connectivity index (χ0n) is 17.5. The minimum atomic E-state index is -0.284. The number of amides is 2. The molecular weight excluding hydrogens is 380 g/mol. The van der Waals surface area contributed by atoms with Crippen molar-refractivity contribution in [2.75, 3.05) is 68.4 Å². The Balaban J connectivity index is 1.85. The third-order valence-corrected chi connectivity index (χ3v) is 5.03. The zero-order valence-corrected chi connectivity index (χ0v) is 17.5. The molecule has 3 rings (SSSR count). The van der Waals surface area contributed by atoms with Gasteiger partial charge in [-0.3, -0.25) is 14.8 Å². The highest BCUT2D eigenvalue weighted by Crippen LogP contribution is 2.26. The van der Waals surface area contributed by atoms with Crippen LogP contribution in [0, 0.1) is 11.3 Å². The summed E-state index contributed by atoms with van der Waals surface area (Å²) < 4.78 is 0. The van der Waals surface area contributed by atoms with Crippen LogP contribution in [-0.2, 0) is 0 Å². The van der Waals surface area contributed by atoms with Crippen molar-refractivity contribution in [3.05, 3.63) is 42.4 Å². The van der Waals surface area contributed by atoms with Gasteiger partial charge < -0.3 is 15.5 Å². The number of carbonyl (C=O) groups is 1. The number of aromatic nitrogens is 2. The first-order valence-corrected chi connectivity index (χ1v) is 10.1. The molecule has 0 aliphatic carbocycles. The molecule has 9 heteroatoms. The number of rotatable bonds is 7. The summed E-state index contributed by atoms with van der Waals surface area (Å²) >= 11 is 0. The molecule has 1 fully saturated rings. The summed E-state index contributed by atoms with van der Waals surface area (Å²) in [5.74, 6) is 0.580. The minimum absolute atomic E-state index is 0.284. The molecule has 1 aliphatic heterocycles. The van der Waals surface area contributed by atoms with Gasteiger partial charge in [0.15, 0.2) is 0 Å². The summed E-state index contributed by atoms with van der Waals surface area (Å²) in [6.45, 7) is 7.78. The lowest BCUT2D eigenvalue weighted by atomic mass is 10.2. The van der Waals surface area contributed by atoms with E-state index in [0.717, 1.165) is 32.7 Å². The van der Waals surface area contributed by atoms with Crippen molar-refractivity contribution in [2.24, 2.45) is 0 Å². The standard InChI is InChI=1S/C21H28N8O/c1-3-24-20-19(13-17(14-22)15-25-20)29(12-11-28-9-7-27(2)8-10-28)21(30)26-18-5-4-6-23-16-18/h4-6,13,15-16H,3,7-12H2,1-2H3,(H,24,25)(H,26,30). The average Bonchev–Trinajstić information content (AvgIpc) is 2.77. The van der Waals surface area contributed by atoms with Gasteiger partial charge in [-0.15, -0.1) is 0 Å². The summed E-state index contributed by atoms with van der Waals surface area (Å²) in [4.78, 5) is 27.9. The number of nitrogens with zero attached hydrogens (tertiary/aromatic N) is 6. The van der Waals surface area contributed by atoms with Crippen LogP contribution in [0.1, 0.15) is 12.5 Å². The van der Waals surface area contributed by atoms with Crippen LogP contribution in [0.3, 0.4) is 0 Å². The van der Waals surface area contributed by atoms with E-state index in [0.29, 0.717) is 35.8 Å². The van der Waals surface area contributed by atoms with Crippen LogP contribution in [0.5, 0.6) is 0 Å². The number of nitriles is 1. The maximum Gasteiger partial charge on any atom is 0.326 e.